The number of carbonyl (C=O) groups excluding carboxylic acids is 1. The second-order valence-electron chi connectivity index (χ2n) is 9.35. The molecule has 5 rings (SSSR count). The molecule has 1 aliphatic carbocycles. The maximum atomic E-state index is 12.2. The maximum Gasteiger partial charge on any atom is 0.251 e. The summed E-state index contributed by atoms with van der Waals surface area (Å²) in [7, 11) is 1.68. The minimum Gasteiger partial charge on any atom is -0.355 e. The van der Waals surface area contributed by atoms with Crippen molar-refractivity contribution < 1.29 is 4.79 Å². The van der Waals surface area contributed by atoms with Gasteiger partial charge in [-0.2, -0.15) is 4.98 Å². The van der Waals surface area contributed by atoms with Crippen molar-refractivity contribution in [2.45, 2.75) is 38.1 Å². The van der Waals surface area contributed by atoms with E-state index in [0.29, 0.717) is 22.9 Å². The molecule has 0 bridgehead atoms. The minimum atomic E-state index is -0.0163. The first-order chi connectivity index (χ1) is 17.6. The Balaban J connectivity index is 1.26. The van der Waals surface area contributed by atoms with Crippen LogP contribution in [0, 0.1) is 5.92 Å². The molecule has 7 heteroatoms. The van der Waals surface area contributed by atoms with Crippen LogP contribution in [0.25, 0.3) is 10.9 Å². The molecule has 184 valence electrons. The number of aromatic nitrogens is 2. The Labute approximate surface area is 216 Å². The molecule has 0 aliphatic heterocycles. The lowest BCUT2D eigenvalue weighted by Crippen LogP contribution is -2.28. The van der Waals surface area contributed by atoms with Gasteiger partial charge in [-0.15, -0.1) is 0 Å². The summed E-state index contributed by atoms with van der Waals surface area (Å²) < 4.78 is 0. The molecule has 0 radical (unpaired) electrons. The second kappa shape index (κ2) is 11.0. The normalized spacial score (nSPS) is 17.5. The van der Waals surface area contributed by atoms with Gasteiger partial charge >= 0.3 is 0 Å². The molecule has 3 aromatic carbocycles. The lowest BCUT2D eigenvalue weighted by atomic mass is 9.81. The number of amides is 1. The molecule has 0 unspecified atom stereocenters. The van der Waals surface area contributed by atoms with Gasteiger partial charge in [-0.3, -0.25) is 4.79 Å². The highest BCUT2D eigenvalue weighted by molar-refractivity contribution is 6.30. The number of anilines is 3. The lowest BCUT2D eigenvalue weighted by Gasteiger charge is -2.29. The summed E-state index contributed by atoms with van der Waals surface area (Å²) in [5.74, 6) is 1.95. The Kier molecular flexibility index (Phi) is 7.33. The van der Waals surface area contributed by atoms with Gasteiger partial charge in [-0.1, -0.05) is 41.9 Å². The molecule has 6 nitrogen and oxygen atoms in total. The fraction of sp³-hybridized carbons (Fsp3) is 0.276. The van der Waals surface area contributed by atoms with Crippen molar-refractivity contribution in [1.82, 2.24) is 15.3 Å². The van der Waals surface area contributed by atoms with Crippen molar-refractivity contribution in [3.63, 3.8) is 0 Å². The van der Waals surface area contributed by atoms with Crippen molar-refractivity contribution in [2.75, 3.05) is 17.7 Å². The zero-order valence-electron chi connectivity index (χ0n) is 20.3. The number of hydrogen-bond acceptors (Lipinski definition) is 5. The van der Waals surface area contributed by atoms with E-state index in [1.54, 1.807) is 7.05 Å². The highest BCUT2D eigenvalue weighted by Crippen LogP contribution is 2.31. The Morgan fingerprint density at radius 1 is 0.917 bits per heavy atom. The number of halogens is 1. The van der Waals surface area contributed by atoms with Gasteiger partial charge in [-0.05, 0) is 86.1 Å². The van der Waals surface area contributed by atoms with Crippen LogP contribution in [0.1, 0.15) is 41.6 Å². The smallest absolute Gasteiger partial charge is 0.251 e. The summed E-state index contributed by atoms with van der Waals surface area (Å²) in [6.45, 7) is 0. The second-order valence-corrected chi connectivity index (χ2v) is 9.78. The first-order valence-electron chi connectivity index (χ1n) is 12.4. The van der Waals surface area contributed by atoms with Crippen LogP contribution in [-0.4, -0.2) is 29.0 Å². The summed E-state index contributed by atoms with van der Waals surface area (Å²) >= 11 is 6.05. The average Bonchev–Trinajstić information content (AvgIpc) is 2.91. The zero-order valence-corrected chi connectivity index (χ0v) is 21.1. The van der Waals surface area contributed by atoms with E-state index in [1.165, 1.54) is 0 Å². The molecule has 1 aliphatic rings. The SMILES string of the molecule is CNC(=O)c1ccccc1CC1CCC(Nc2nc(Nc3ccc(Cl)cc3)c3ccccc3n2)CC1. The van der Waals surface area contributed by atoms with E-state index < -0.39 is 0 Å². The van der Waals surface area contributed by atoms with Crippen LogP contribution in [0.4, 0.5) is 17.5 Å². The van der Waals surface area contributed by atoms with Crippen LogP contribution in [0.2, 0.25) is 5.02 Å². The molecule has 0 saturated heterocycles. The third-order valence-electron chi connectivity index (χ3n) is 6.89. The molecule has 0 spiro atoms. The van der Waals surface area contributed by atoms with E-state index in [1.807, 2.05) is 66.7 Å². The van der Waals surface area contributed by atoms with Crippen molar-refractivity contribution in [3.05, 3.63) is 88.9 Å². The average molecular weight is 500 g/mol. The summed E-state index contributed by atoms with van der Waals surface area (Å²) in [6, 6.07) is 23.9. The Bertz CT molecular complexity index is 1350. The van der Waals surface area contributed by atoms with Gasteiger partial charge in [0.1, 0.15) is 5.82 Å². The molecule has 4 aromatic rings. The first kappa shape index (κ1) is 24.1. The number of benzene rings is 3. The summed E-state index contributed by atoms with van der Waals surface area (Å²) in [5.41, 5.74) is 3.73. The number of nitrogens with one attached hydrogen (secondary N) is 3. The zero-order chi connectivity index (χ0) is 24.9. The van der Waals surface area contributed by atoms with E-state index in [-0.39, 0.29) is 5.91 Å². The molecular formula is C29H30ClN5O. The van der Waals surface area contributed by atoms with Gasteiger partial charge in [0.25, 0.3) is 5.91 Å². The number of hydrogen-bond donors (Lipinski definition) is 3. The monoisotopic (exact) mass is 499 g/mol. The van der Waals surface area contributed by atoms with Crippen molar-refractivity contribution in [3.8, 4) is 0 Å². The van der Waals surface area contributed by atoms with Crippen LogP contribution >= 0.6 is 11.6 Å². The fourth-order valence-corrected chi connectivity index (χ4v) is 5.09. The third kappa shape index (κ3) is 5.60. The van der Waals surface area contributed by atoms with Gasteiger partial charge in [0, 0.05) is 34.7 Å². The van der Waals surface area contributed by atoms with Crippen LogP contribution < -0.4 is 16.0 Å². The standard InChI is InChI=1S/C29H30ClN5O/c1-31-28(36)24-7-3-2-6-20(24)18-19-10-14-23(15-11-19)33-29-34-26-9-5-4-8-25(26)27(35-29)32-22-16-12-21(30)13-17-22/h2-9,12-13,16-17,19,23H,10-11,14-15,18H2,1H3,(H,31,36)(H2,32,33,34,35). The van der Waals surface area contributed by atoms with Crippen molar-refractivity contribution in [1.29, 1.82) is 0 Å². The topological polar surface area (TPSA) is 78.9 Å². The Morgan fingerprint density at radius 3 is 2.42 bits per heavy atom. The van der Waals surface area contributed by atoms with Crippen LogP contribution in [0.3, 0.4) is 0 Å². The molecule has 1 fully saturated rings. The number of rotatable bonds is 7. The van der Waals surface area contributed by atoms with Crippen LogP contribution in [0.15, 0.2) is 72.8 Å². The molecule has 1 amide bonds. The number of carbonyl (C=O) groups is 1. The Morgan fingerprint density at radius 2 is 1.64 bits per heavy atom. The minimum absolute atomic E-state index is 0.0163. The van der Waals surface area contributed by atoms with Gasteiger partial charge < -0.3 is 16.0 Å². The van der Waals surface area contributed by atoms with E-state index in [9.17, 15) is 4.79 Å². The van der Waals surface area contributed by atoms with Crippen LogP contribution in [0.5, 0.6) is 0 Å². The van der Waals surface area contributed by atoms with E-state index in [2.05, 4.69) is 22.0 Å². The van der Waals surface area contributed by atoms with Crippen LogP contribution in [-0.2, 0) is 6.42 Å². The van der Waals surface area contributed by atoms with Gasteiger partial charge in [0.15, 0.2) is 0 Å². The highest BCUT2D eigenvalue weighted by atomic mass is 35.5. The van der Waals surface area contributed by atoms with E-state index >= 15 is 0 Å². The van der Waals surface area contributed by atoms with Gasteiger partial charge in [-0.25, -0.2) is 4.98 Å². The summed E-state index contributed by atoms with van der Waals surface area (Å²) in [5, 5.41) is 11.4. The molecule has 36 heavy (non-hydrogen) atoms. The van der Waals surface area contributed by atoms with E-state index in [4.69, 9.17) is 21.6 Å². The highest BCUT2D eigenvalue weighted by Gasteiger charge is 2.23. The van der Waals surface area contributed by atoms with Crippen molar-refractivity contribution in [2.24, 2.45) is 5.92 Å². The Hall–Kier alpha value is -3.64. The molecule has 1 aromatic heterocycles. The molecule has 3 N–H and O–H groups in total. The number of para-hydroxylation sites is 1. The maximum absolute atomic E-state index is 12.2. The summed E-state index contributed by atoms with van der Waals surface area (Å²) in [4.78, 5) is 21.9. The predicted molar refractivity (Wildman–Crippen MR) is 147 cm³/mol. The largest absolute Gasteiger partial charge is 0.355 e. The quantitative estimate of drug-likeness (QED) is 0.267. The third-order valence-corrected chi connectivity index (χ3v) is 7.14. The lowest BCUT2D eigenvalue weighted by molar-refractivity contribution is 0.0961. The van der Waals surface area contributed by atoms with Gasteiger partial charge in [0.05, 0.1) is 5.52 Å². The fourth-order valence-electron chi connectivity index (χ4n) is 4.97. The summed E-state index contributed by atoms with van der Waals surface area (Å²) in [6.07, 6.45) is 5.22. The molecule has 1 heterocycles. The number of nitrogens with zero attached hydrogens (tertiary/aromatic N) is 2. The molecular weight excluding hydrogens is 470 g/mol. The van der Waals surface area contributed by atoms with Gasteiger partial charge in [0.2, 0.25) is 5.95 Å². The molecule has 0 atom stereocenters. The number of fused-ring (bicyclic) bond motifs is 1. The predicted octanol–water partition coefficient (Wildman–Crippen LogP) is 6.60. The first-order valence-corrected chi connectivity index (χ1v) is 12.8. The van der Waals surface area contributed by atoms with E-state index in [0.717, 1.165) is 65.6 Å². The van der Waals surface area contributed by atoms with Crippen molar-refractivity contribution >= 4 is 45.9 Å². The molecule has 1 saturated carbocycles.